The molecule has 1 rings (SSSR count). The van der Waals surface area contributed by atoms with Crippen LogP contribution in [0.25, 0.3) is 0 Å². The van der Waals surface area contributed by atoms with Gasteiger partial charge in [-0.2, -0.15) is 0 Å². The molecule has 0 amide bonds. The summed E-state index contributed by atoms with van der Waals surface area (Å²) in [5, 5.41) is 0. The molecule has 56 valence electrons. The molecule has 0 atom stereocenters. The van der Waals surface area contributed by atoms with Crippen LogP contribution in [0, 0.1) is 13.8 Å². The maximum Gasteiger partial charge on any atom is 0.0219 e. The number of aromatic nitrogens is 1. The van der Waals surface area contributed by atoms with Crippen molar-refractivity contribution < 1.29 is 0 Å². The van der Waals surface area contributed by atoms with Crippen molar-refractivity contribution in [2.24, 2.45) is 0 Å². The zero-order chi connectivity index (χ0) is 7.56. The summed E-state index contributed by atoms with van der Waals surface area (Å²) in [6.07, 6.45) is 3.42. The van der Waals surface area contributed by atoms with Gasteiger partial charge in [-0.1, -0.05) is 6.92 Å². The van der Waals surface area contributed by atoms with Gasteiger partial charge in [0.1, 0.15) is 0 Å². The van der Waals surface area contributed by atoms with E-state index in [1.165, 1.54) is 17.7 Å². The first-order valence-corrected chi connectivity index (χ1v) is 3.87. The molecule has 0 saturated heterocycles. The Morgan fingerprint density at radius 3 is 2.50 bits per heavy atom. The largest absolute Gasteiger partial charge is 0.351 e. The third-order valence-electron chi connectivity index (χ3n) is 1.71. The number of aryl methyl sites for hydroxylation is 3. The number of rotatable bonds is 2. The van der Waals surface area contributed by atoms with Crippen LogP contribution in [-0.4, -0.2) is 4.57 Å². The zero-order valence-corrected chi connectivity index (χ0v) is 7.02. The molecular weight excluding hydrogens is 122 g/mol. The molecule has 0 fully saturated rings. The minimum Gasteiger partial charge on any atom is -0.351 e. The van der Waals surface area contributed by atoms with E-state index in [9.17, 15) is 0 Å². The van der Waals surface area contributed by atoms with Gasteiger partial charge in [0.25, 0.3) is 0 Å². The fraction of sp³-hybridized carbons (Fsp3) is 0.556. The smallest absolute Gasteiger partial charge is 0.0219 e. The predicted octanol–water partition coefficient (Wildman–Crippen LogP) is 2.51. The van der Waals surface area contributed by atoms with Crippen molar-refractivity contribution in [3.05, 3.63) is 23.5 Å². The molecule has 0 spiro atoms. The van der Waals surface area contributed by atoms with Gasteiger partial charge in [-0.15, -0.1) is 0 Å². The SMILES string of the molecule is CCCn1cc(C)cc1C. The highest BCUT2D eigenvalue weighted by Crippen LogP contribution is 2.06. The van der Waals surface area contributed by atoms with E-state index in [0.717, 1.165) is 6.54 Å². The Kier molecular flexibility index (Phi) is 2.15. The van der Waals surface area contributed by atoms with Gasteiger partial charge in [0.05, 0.1) is 0 Å². The summed E-state index contributed by atoms with van der Waals surface area (Å²) in [5.74, 6) is 0. The molecule has 0 aromatic carbocycles. The van der Waals surface area contributed by atoms with Crippen LogP contribution in [0.1, 0.15) is 24.6 Å². The average molecular weight is 137 g/mol. The molecule has 1 heterocycles. The van der Waals surface area contributed by atoms with E-state index in [1.807, 2.05) is 0 Å². The predicted molar refractivity (Wildman–Crippen MR) is 44.2 cm³/mol. The Morgan fingerprint density at radius 2 is 2.10 bits per heavy atom. The third kappa shape index (κ3) is 1.41. The standard InChI is InChI=1S/C9H15N/c1-4-5-10-7-8(2)6-9(10)3/h6-7H,4-5H2,1-3H3. The van der Waals surface area contributed by atoms with E-state index in [1.54, 1.807) is 0 Å². The van der Waals surface area contributed by atoms with Gasteiger partial charge in [0, 0.05) is 18.4 Å². The van der Waals surface area contributed by atoms with E-state index in [0.29, 0.717) is 0 Å². The van der Waals surface area contributed by atoms with Crippen molar-refractivity contribution >= 4 is 0 Å². The Labute approximate surface area is 62.7 Å². The molecule has 0 radical (unpaired) electrons. The Hall–Kier alpha value is -0.720. The van der Waals surface area contributed by atoms with Crippen LogP contribution < -0.4 is 0 Å². The second kappa shape index (κ2) is 2.91. The van der Waals surface area contributed by atoms with Crippen LogP contribution in [0.4, 0.5) is 0 Å². The first-order valence-electron chi connectivity index (χ1n) is 3.87. The second-order valence-electron chi connectivity index (χ2n) is 2.85. The van der Waals surface area contributed by atoms with Crippen molar-refractivity contribution in [1.29, 1.82) is 0 Å². The van der Waals surface area contributed by atoms with Crippen molar-refractivity contribution in [1.82, 2.24) is 4.57 Å². The van der Waals surface area contributed by atoms with Crippen molar-refractivity contribution in [2.75, 3.05) is 0 Å². The molecule has 1 heteroatoms. The third-order valence-corrected chi connectivity index (χ3v) is 1.71. The molecule has 0 saturated carbocycles. The molecule has 0 aliphatic carbocycles. The van der Waals surface area contributed by atoms with Crippen LogP contribution in [0.2, 0.25) is 0 Å². The van der Waals surface area contributed by atoms with Crippen LogP contribution >= 0.6 is 0 Å². The quantitative estimate of drug-likeness (QED) is 0.590. The van der Waals surface area contributed by atoms with Crippen molar-refractivity contribution in [3.63, 3.8) is 0 Å². The van der Waals surface area contributed by atoms with Crippen molar-refractivity contribution in [2.45, 2.75) is 33.7 Å². The first-order chi connectivity index (χ1) is 4.74. The van der Waals surface area contributed by atoms with Gasteiger partial charge in [-0.3, -0.25) is 0 Å². The van der Waals surface area contributed by atoms with Gasteiger partial charge < -0.3 is 4.57 Å². The molecule has 0 bridgehead atoms. The maximum atomic E-state index is 2.30. The molecule has 0 aliphatic rings. The fourth-order valence-electron chi connectivity index (χ4n) is 1.28. The van der Waals surface area contributed by atoms with Gasteiger partial charge in [0.2, 0.25) is 0 Å². The van der Waals surface area contributed by atoms with Crippen LogP contribution in [0.3, 0.4) is 0 Å². The lowest BCUT2D eigenvalue weighted by molar-refractivity contribution is 0.665. The van der Waals surface area contributed by atoms with Crippen LogP contribution in [-0.2, 0) is 6.54 Å². The highest BCUT2D eigenvalue weighted by atomic mass is 15.0. The summed E-state index contributed by atoms with van der Waals surface area (Å²) in [6.45, 7) is 7.65. The Balaban J connectivity index is 2.81. The molecule has 10 heavy (non-hydrogen) atoms. The summed E-state index contributed by atoms with van der Waals surface area (Å²) in [7, 11) is 0. The summed E-state index contributed by atoms with van der Waals surface area (Å²) in [6, 6.07) is 2.22. The number of nitrogens with zero attached hydrogens (tertiary/aromatic N) is 1. The lowest BCUT2D eigenvalue weighted by Gasteiger charge is -2.01. The van der Waals surface area contributed by atoms with E-state index < -0.39 is 0 Å². The minimum atomic E-state index is 1.15. The molecule has 1 aromatic heterocycles. The van der Waals surface area contributed by atoms with E-state index in [-0.39, 0.29) is 0 Å². The highest BCUT2D eigenvalue weighted by Gasteiger charge is 1.95. The lowest BCUT2D eigenvalue weighted by Crippen LogP contribution is -1.95. The topological polar surface area (TPSA) is 4.93 Å². The monoisotopic (exact) mass is 137 g/mol. The first kappa shape index (κ1) is 7.39. The van der Waals surface area contributed by atoms with Gasteiger partial charge >= 0.3 is 0 Å². The summed E-state index contributed by atoms with van der Waals surface area (Å²) in [5.41, 5.74) is 2.74. The molecular formula is C9H15N. The molecule has 0 N–H and O–H groups in total. The van der Waals surface area contributed by atoms with Crippen LogP contribution in [0.5, 0.6) is 0 Å². The normalized spacial score (nSPS) is 10.3. The second-order valence-corrected chi connectivity index (χ2v) is 2.85. The lowest BCUT2D eigenvalue weighted by atomic mass is 10.4. The van der Waals surface area contributed by atoms with E-state index in [2.05, 4.69) is 37.6 Å². The Morgan fingerprint density at radius 1 is 1.40 bits per heavy atom. The fourth-order valence-corrected chi connectivity index (χ4v) is 1.28. The summed E-state index contributed by atoms with van der Waals surface area (Å²) < 4.78 is 2.30. The molecule has 0 unspecified atom stereocenters. The molecule has 1 aromatic rings. The number of hydrogen-bond acceptors (Lipinski definition) is 0. The Bertz CT molecular complexity index is 211. The van der Waals surface area contributed by atoms with Crippen LogP contribution in [0.15, 0.2) is 12.3 Å². The van der Waals surface area contributed by atoms with Gasteiger partial charge in [0.15, 0.2) is 0 Å². The van der Waals surface area contributed by atoms with Crippen molar-refractivity contribution in [3.8, 4) is 0 Å². The zero-order valence-electron chi connectivity index (χ0n) is 7.02. The van der Waals surface area contributed by atoms with Gasteiger partial charge in [-0.05, 0) is 31.9 Å². The average Bonchev–Trinajstić information content (AvgIpc) is 2.13. The summed E-state index contributed by atoms with van der Waals surface area (Å²) in [4.78, 5) is 0. The highest BCUT2D eigenvalue weighted by molar-refractivity contribution is 5.15. The maximum absolute atomic E-state index is 2.30. The molecule has 1 nitrogen and oxygen atoms in total. The van der Waals surface area contributed by atoms with E-state index in [4.69, 9.17) is 0 Å². The minimum absolute atomic E-state index is 1.15. The molecule has 0 aliphatic heterocycles. The van der Waals surface area contributed by atoms with E-state index >= 15 is 0 Å². The number of hydrogen-bond donors (Lipinski definition) is 0. The summed E-state index contributed by atoms with van der Waals surface area (Å²) >= 11 is 0. The van der Waals surface area contributed by atoms with Gasteiger partial charge in [-0.25, -0.2) is 0 Å².